The summed E-state index contributed by atoms with van der Waals surface area (Å²) in [5.74, 6) is -1.94. The molecule has 0 spiro atoms. The lowest BCUT2D eigenvalue weighted by molar-refractivity contribution is -0.202. The van der Waals surface area contributed by atoms with Crippen molar-refractivity contribution in [2.24, 2.45) is 0 Å². The van der Waals surface area contributed by atoms with Crippen molar-refractivity contribution in [1.29, 1.82) is 0 Å². The van der Waals surface area contributed by atoms with Crippen LogP contribution in [0.4, 0.5) is 0 Å². The molecule has 3 aliphatic rings. The maximum Gasteiger partial charge on any atom is 0.343 e. The highest BCUT2D eigenvalue weighted by molar-refractivity contribution is 6.39. The highest BCUT2D eigenvalue weighted by Crippen LogP contribution is 2.57. The smallest absolute Gasteiger partial charge is 0.343 e. The zero-order chi connectivity index (χ0) is 25.6. The van der Waals surface area contributed by atoms with E-state index < -0.39 is 35.3 Å². The van der Waals surface area contributed by atoms with Crippen LogP contribution in [0.25, 0.3) is 43.6 Å². The van der Waals surface area contributed by atoms with Crippen LogP contribution in [0.15, 0.2) is 42.5 Å². The van der Waals surface area contributed by atoms with E-state index in [1.165, 1.54) is 19.2 Å². The van der Waals surface area contributed by atoms with Crippen LogP contribution in [0.3, 0.4) is 0 Å². The lowest BCUT2D eigenvalue weighted by Gasteiger charge is -2.37. The first-order chi connectivity index (χ1) is 17.7. The maximum absolute atomic E-state index is 13.3. The number of fused-ring (bicyclic) bond motifs is 13. The monoisotopic (exact) mass is 497 g/mol. The number of aliphatic hydroxyl groups is 1. The molecule has 0 radical (unpaired) electrons. The quantitative estimate of drug-likeness (QED) is 0.240. The molecule has 1 saturated heterocycles. The Morgan fingerprint density at radius 1 is 1.05 bits per heavy atom. The molecule has 3 unspecified atom stereocenters. The first kappa shape index (κ1) is 20.7. The van der Waals surface area contributed by atoms with E-state index in [2.05, 4.69) is 5.32 Å². The van der Waals surface area contributed by atoms with Crippen LogP contribution < -0.4 is 5.32 Å². The number of nitrogens with one attached hydrogen (secondary N) is 1. The van der Waals surface area contributed by atoms with Gasteiger partial charge in [0.15, 0.2) is 5.72 Å². The third-order valence-electron chi connectivity index (χ3n) is 8.36. The molecule has 3 aliphatic heterocycles. The Labute approximate surface area is 207 Å². The molecule has 0 aliphatic carbocycles. The highest BCUT2D eigenvalue weighted by atomic mass is 16.6. The topological polar surface area (TPSA) is 132 Å². The predicted molar refractivity (Wildman–Crippen MR) is 131 cm³/mol. The molecule has 37 heavy (non-hydrogen) atoms. The summed E-state index contributed by atoms with van der Waals surface area (Å²) in [5.41, 5.74) is -0.888. The van der Waals surface area contributed by atoms with Crippen molar-refractivity contribution in [2.45, 2.75) is 30.9 Å². The number of amides is 2. The Balaban J connectivity index is 1.75. The van der Waals surface area contributed by atoms with Gasteiger partial charge in [-0.15, -0.1) is 0 Å². The lowest BCUT2D eigenvalue weighted by Crippen LogP contribution is -2.56. The molecule has 3 aromatic carbocycles. The number of phenolic OH excluding ortho intramolecular Hbond substituents is 1. The predicted octanol–water partition coefficient (Wildman–Crippen LogP) is 3.00. The van der Waals surface area contributed by atoms with Crippen LogP contribution in [0, 0.1) is 0 Å². The summed E-state index contributed by atoms with van der Waals surface area (Å²) in [6, 6.07) is 12.1. The van der Waals surface area contributed by atoms with Crippen molar-refractivity contribution in [2.75, 3.05) is 7.11 Å². The summed E-state index contributed by atoms with van der Waals surface area (Å²) < 4.78 is 15.2. The van der Waals surface area contributed by atoms with E-state index in [-0.39, 0.29) is 23.3 Å². The third-order valence-corrected chi connectivity index (χ3v) is 8.36. The summed E-state index contributed by atoms with van der Waals surface area (Å²) in [6.07, 6.45) is -0.893. The Morgan fingerprint density at radius 2 is 1.76 bits per heavy atom. The van der Waals surface area contributed by atoms with Crippen LogP contribution in [0.5, 0.6) is 5.75 Å². The van der Waals surface area contributed by atoms with Crippen molar-refractivity contribution < 1.29 is 34.1 Å². The van der Waals surface area contributed by atoms with Gasteiger partial charge in [0.25, 0.3) is 11.8 Å². The Bertz CT molecular complexity index is 1970. The molecular weight excluding hydrogens is 478 g/mol. The van der Waals surface area contributed by atoms with Crippen LogP contribution in [-0.2, 0) is 20.0 Å². The van der Waals surface area contributed by atoms with Crippen molar-refractivity contribution in [3.63, 3.8) is 0 Å². The number of carbonyl (C=O) groups excluding carboxylic acids is 3. The second-order valence-corrected chi connectivity index (χ2v) is 10.0. The van der Waals surface area contributed by atoms with Crippen LogP contribution in [-0.4, -0.2) is 49.8 Å². The number of hydrogen-bond donors (Lipinski definition) is 3. The van der Waals surface area contributed by atoms with E-state index in [0.29, 0.717) is 32.7 Å². The number of phenols is 1. The van der Waals surface area contributed by atoms with E-state index in [9.17, 15) is 24.6 Å². The van der Waals surface area contributed by atoms with Gasteiger partial charge in [-0.3, -0.25) is 14.9 Å². The number of carbonyl (C=O) groups is 3. The van der Waals surface area contributed by atoms with Gasteiger partial charge >= 0.3 is 5.97 Å². The largest absolute Gasteiger partial charge is 0.508 e. The molecule has 184 valence electrons. The number of benzene rings is 3. The summed E-state index contributed by atoms with van der Waals surface area (Å²) in [4.78, 5) is 39.6. The van der Waals surface area contributed by atoms with Crippen molar-refractivity contribution in [1.82, 2.24) is 14.5 Å². The second kappa shape index (κ2) is 6.10. The summed E-state index contributed by atoms with van der Waals surface area (Å²) >= 11 is 0. The number of nitrogens with zero attached hydrogens (tertiary/aromatic N) is 2. The van der Waals surface area contributed by atoms with E-state index >= 15 is 0 Å². The van der Waals surface area contributed by atoms with E-state index in [4.69, 9.17) is 9.47 Å². The molecular formula is C27H19N3O7. The van der Waals surface area contributed by atoms with Gasteiger partial charge in [-0.2, -0.15) is 0 Å². The van der Waals surface area contributed by atoms with Crippen molar-refractivity contribution in [3.05, 3.63) is 53.6 Å². The number of aromatic hydroxyl groups is 1. The van der Waals surface area contributed by atoms with E-state index in [1.807, 2.05) is 28.8 Å². The Kier molecular flexibility index (Phi) is 3.42. The van der Waals surface area contributed by atoms with Gasteiger partial charge in [0, 0.05) is 28.0 Å². The number of aromatic nitrogens is 2. The number of imide groups is 1. The molecule has 8 rings (SSSR count). The molecule has 0 saturated carbocycles. The van der Waals surface area contributed by atoms with Gasteiger partial charge in [0.1, 0.15) is 12.0 Å². The average molecular weight is 497 g/mol. The molecule has 1 fully saturated rings. The first-order valence-corrected chi connectivity index (χ1v) is 11.8. The van der Waals surface area contributed by atoms with E-state index in [0.717, 1.165) is 10.9 Å². The fourth-order valence-electron chi connectivity index (χ4n) is 6.85. The molecule has 3 N–H and O–H groups in total. The van der Waals surface area contributed by atoms with E-state index in [1.54, 1.807) is 17.6 Å². The standard InChI is InChI=1S/C27H19N3O7/c1-26-27(35,25(34)36-2)10-16(37-26)29-14-6-4-3-5-12(14)17-19-20(24(33)28-23(19)32)18-13-9-11(31)7-8-15(13)30(26)22(18)21(17)29/h3-9,16,31,35H,10H2,1-2H3,(H,28,32,33). The van der Waals surface area contributed by atoms with Crippen molar-refractivity contribution >= 4 is 61.4 Å². The molecule has 2 amide bonds. The number of methoxy groups -OCH3 is 1. The highest BCUT2D eigenvalue weighted by Gasteiger charge is 2.66. The van der Waals surface area contributed by atoms with Gasteiger partial charge in [0.05, 0.1) is 40.3 Å². The molecule has 2 bridgehead atoms. The fourth-order valence-corrected chi connectivity index (χ4v) is 6.85. The lowest BCUT2D eigenvalue weighted by atomic mass is 9.88. The van der Waals surface area contributed by atoms with Gasteiger partial charge < -0.3 is 28.8 Å². The number of esters is 1. The molecule has 3 atom stereocenters. The fraction of sp³-hybridized carbons (Fsp3) is 0.222. The average Bonchev–Trinajstić information content (AvgIpc) is 3.53. The number of para-hydroxylation sites is 1. The summed E-state index contributed by atoms with van der Waals surface area (Å²) in [7, 11) is 1.21. The SMILES string of the molecule is COC(=O)C1(O)CC2OC1(C)n1c3ccc(O)cc3c3c4c(c5c6ccccc6n2c5c31)C(=O)NC4=O. The maximum atomic E-state index is 13.3. The zero-order valence-electron chi connectivity index (χ0n) is 19.7. The third kappa shape index (κ3) is 2.03. The van der Waals surface area contributed by atoms with Crippen LogP contribution in [0.1, 0.15) is 40.3 Å². The first-order valence-electron chi connectivity index (χ1n) is 11.8. The molecule has 5 heterocycles. The molecule has 10 nitrogen and oxygen atoms in total. The van der Waals surface area contributed by atoms with Gasteiger partial charge in [0.2, 0.25) is 5.60 Å². The minimum atomic E-state index is -2.09. The normalized spacial score (nSPS) is 26.0. The minimum absolute atomic E-state index is 0.0404. The van der Waals surface area contributed by atoms with Crippen LogP contribution >= 0.6 is 0 Å². The Morgan fingerprint density at radius 3 is 2.49 bits per heavy atom. The van der Waals surface area contributed by atoms with Gasteiger partial charge in [-0.1, -0.05) is 18.2 Å². The zero-order valence-corrected chi connectivity index (χ0v) is 19.7. The molecule has 10 heteroatoms. The van der Waals surface area contributed by atoms with Gasteiger partial charge in [-0.25, -0.2) is 4.79 Å². The number of rotatable bonds is 1. The number of ether oxygens (including phenoxy) is 2. The summed E-state index contributed by atoms with van der Waals surface area (Å²) in [5, 5.41) is 27.1. The second-order valence-electron chi connectivity index (χ2n) is 10.0. The van der Waals surface area contributed by atoms with Crippen molar-refractivity contribution in [3.8, 4) is 5.75 Å². The summed E-state index contributed by atoms with van der Waals surface area (Å²) in [6.45, 7) is 1.62. The number of hydrogen-bond acceptors (Lipinski definition) is 7. The molecule has 2 aromatic heterocycles. The minimum Gasteiger partial charge on any atom is -0.508 e. The van der Waals surface area contributed by atoms with Crippen LogP contribution in [0.2, 0.25) is 0 Å². The molecule has 5 aromatic rings. The Hall–Kier alpha value is -4.41. The van der Waals surface area contributed by atoms with Gasteiger partial charge in [-0.05, 0) is 31.2 Å².